The highest BCUT2D eigenvalue weighted by atomic mass is 16.5. The van der Waals surface area contributed by atoms with Crippen molar-refractivity contribution in [1.29, 1.82) is 0 Å². The predicted molar refractivity (Wildman–Crippen MR) is 100 cm³/mol. The molecular formula is C20H20N4O3. The third kappa shape index (κ3) is 3.76. The topological polar surface area (TPSA) is 94.5 Å². The average molecular weight is 364 g/mol. The molecule has 7 nitrogen and oxygen atoms in total. The van der Waals surface area contributed by atoms with E-state index in [0.717, 1.165) is 37.1 Å². The third-order valence-corrected chi connectivity index (χ3v) is 4.53. The van der Waals surface area contributed by atoms with E-state index in [-0.39, 0.29) is 0 Å². The van der Waals surface area contributed by atoms with Crippen molar-refractivity contribution in [3.8, 4) is 17.2 Å². The molecule has 0 saturated carbocycles. The van der Waals surface area contributed by atoms with Crippen LogP contribution >= 0.6 is 0 Å². The van der Waals surface area contributed by atoms with Crippen molar-refractivity contribution < 1.29 is 14.1 Å². The number of nitrogens with zero attached hydrogens (tertiary/aromatic N) is 3. The highest BCUT2D eigenvalue weighted by Gasteiger charge is 2.18. The largest absolute Gasteiger partial charge is 0.488 e. The van der Waals surface area contributed by atoms with Gasteiger partial charge in [0.05, 0.1) is 5.56 Å². The number of benzene rings is 2. The van der Waals surface area contributed by atoms with Crippen LogP contribution in [0.1, 0.15) is 28.8 Å². The van der Waals surface area contributed by atoms with E-state index in [1.54, 1.807) is 24.3 Å². The molecule has 0 radical (unpaired) electrons. The van der Waals surface area contributed by atoms with Crippen LogP contribution in [0.15, 0.2) is 53.1 Å². The van der Waals surface area contributed by atoms with Gasteiger partial charge in [0.1, 0.15) is 12.4 Å². The maximum absolute atomic E-state index is 11.5. The summed E-state index contributed by atoms with van der Waals surface area (Å²) >= 11 is 0. The van der Waals surface area contributed by atoms with E-state index in [1.165, 1.54) is 0 Å². The van der Waals surface area contributed by atoms with Gasteiger partial charge in [-0.2, -0.15) is 4.98 Å². The molecule has 2 heterocycles. The molecule has 0 unspecified atom stereocenters. The minimum Gasteiger partial charge on any atom is -0.488 e. The van der Waals surface area contributed by atoms with Crippen LogP contribution in [0.3, 0.4) is 0 Å². The second kappa shape index (κ2) is 7.49. The van der Waals surface area contributed by atoms with Gasteiger partial charge in [0.2, 0.25) is 0 Å². The summed E-state index contributed by atoms with van der Waals surface area (Å²) < 4.78 is 11.2. The van der Waals surface area contributed by atoms with Crippen LogP contribution in [0.25, 0.3) is 11.5 Å². The fraction of sp³-hybridized carbons (Fsp3) is 0.250. The fourth-order valence-corrected chi connectivity index (χ4v) is 3.13. The van der Waals surface area contributed by atoms with Crippen molar-refractivity contribution >= 4 is 11.9 Å². The number of nitrogens with two attached hydrogens (primary N) is 1. The second-order valence-electron chi connectivity index (χ2n) is 6.44. The number of ether oxygens (including phenoxy) is 1. The molecule has 0 spiro atoms. The third-order valence-electron chi connectivity index (χ3n) is 4.53. The lowest BCUT2D eigenvalue weighted by atomic mass is 10.1. The monoisotopic (exact) mass is 364 g/mol. The lowest BCUT2D eigenvalue weighted by molar-refractivity contribution is 0.0996. The molecule has 1 aliphatic heterocycles. The summed E-state index contributed by atoms with van der Waals surface area (Å²) in [5.74, 6) is 1.07. The van der Waals surface area contributed by atoms with Crippen LogP contribution in [0.5, 0.6) is 5.75 Å². The second-order valence-corrected chi connectivity index (χ2v) is 6.44. The fourth-order valence-electron chi connectivity index (χ4n) is 3.13. The van der Waals surface area contributed by atoms with Gasteiger partial charge >= 0.3 is 0 Å². The lowest BCUT2D eigenvalue weighted by Gasteiger charge is -2.10. The normalized spacial score (nSPS) is 13.7. The molecule has 1 fully saturated rings. The van der Waals surface area contributed by atoms with E-state index in [9.17, 15) is 4.79 Å². The van der Waals surface area contributed by atoms with E-state index < -0.39 is 5.91 Å². The first-order valence-electron chi connectivity index (χ1n) is 8.90. The number of carbonyl (C=O) groups excluding carboxylic acids is 1. The molecule has 7 heteroatoms. The Labute approximate surface area is 156 Å². The molecule has 1 aromatic heterocycles. The van der Waals surface area contributed by atoms with Gasteiger partial charge in [-0.3, -0.25) is 4.79 Å². The smallest absolute Gasteiger partial charge is 0.266 e. The first-order chi connectivity index (χ1) is 13.2. The van der Waals surface area contributed by atoms with Crippen molar-refractivity contribution in [2.75, 3.05) is 18.0 Å². The van der Waals surface area contributed by atoms with Gasteiger partial charge in [-0.15, -0.1) is 0 Å². The molecule has 27 heavy (non-hydrogen) atoms. The zero-order valence-electron chi connectivity index (χ0n) is 14.8. The summed E-state index contributed by atoms with van der Waals surface area (Å²) in [5, 5.41) is 4.09. The van der Waals surface area contributed by atoms with Crippen LogP contribution < -0.4 is 15.4 Å². The Balaban J connectivity index is 1.49. The minimum atomic E-state index is -0.514. The van der Waals surface area contributed by atoms with E-state index in [2.05, 4.69) is 15.0 Å². The Morgan fingerprint density at radius 1 is 1.15 bits per heavy atom. The van der Waals surface area contributed by atoms with Crippen molar-refractivity contribution in [2.24, 2.45) is 5.73 Å². The molecule has 2 N–H and O–H groups in total. The first kappa shape index (κ1) is 17.1. The highest BCUT2D eigenvalue weighted by molar-refractivity contribution is 5.95. The maximum Gasteiger partial charge on any atom is 0.266 e. The van der Waals surface area contributed by atoms with E-state index >= 15 is 0 Å². The molecule has 0 aliphatic carbocycles. The van der Waals surface area contributed by atoms with Crippen LogP contribution in [-0.2, 0) is 6.61 Å². The Kier molecular flexibility index (Phi) is 4.74. The lowest BCUT2D eigenvalue weighted by Crippen LogP contribution is -2.18. The standard InChI is InChI=1S/C20H20N4O3/c21-18(25)16-8-1-2-9-17(16)26-13-14-6-5-7-15(12-14)19-22-20(23-27-19)24-10-3-4-11-24/h1-2,5-9,12H,3-4,10-11,13H2,(H2,21,25). The molecule has 0 bridgehead atoms. The first-order valence-corrected chi connectivity index (χ1v) is 8.90. The van der Waals surface area contributed by atoms with Gasteiger partial charge in [-0.25, -0.2) is 0 Å². The molecule has 1 amide bonds. The number of para-hydroxylation sites is 1. The molecule has 1 saturated heterocycles. The quantitative estimate of drug-likeness (QED) is 0.722. The minimum absolute atomic E-state index is 0.297. The van der Waals surface area contributed by atoms with E-state index in [1.807, 2.05) is 24.3 Å². The van der Waals surface area contributed by atoms with Crippen LogP contribution in [0, 0.1) is 0 Å². The number of anilines is 1. The number of rotatable bonds is 6. The predicted octanol–water partition coefficient (Wildman–Crippen LogP) is 3.01. The number of carbonyl (C=O) groups is 1. The van der Waals surface area contributed by atoms with Crippen molar-refractivity contribution in [2.45, 2.75) is 19.4 Å². The summed E-state index contributed by atoms with van der Waals surface area (Å²) in [6.45, 7) is 2.23. The van der Waals surface area contributed by atoms with Gasteiger partial charge in [0, 0.05) is 18.7 Å². The van der Waals surface area contributed by atoms with Crippen LogP contribution in [0.4, 0.5) is 5.95 Å². The summed E-state index contributed by atoms with van der Waals surface area (Å²) in [7, 11) is 0. The summed E-state index contributed by atoms with van der Waals surface area (Å²) in [4.78, 5) is 18.1. The molecule has 138 valence electrons. The molecule has 1 aliphatic rings. The van der Waals surface area contributed by atoms with Gasteiger partial charge in [-0.05, 0) is 47.8 Å². The van der Waals surface area contributed by atoms with Crippen molar-refractivity contribution in [3.05, 3.63) is 59.7 Å². The zero-order valence-corrected chi connectivity index (χ0v) is 14.8. The van der Waals surface area contributed by atoms with Crippen molar-refractivity contribution in [1.82, 2.24) is 10.1 Å². The molecule has 4 rings (SSSR count). The van der Waals surface area contributed by atoms with Gasteiger partial charge in [0.15, 0.2) is 0 Å². The Morgan fingerprint density at radius 2 is 1.96 bits per heavy atom. The maximum atomic E-state index is 11.5. The summed E-state index contributed by atoms with van der Waals surface area (Å²) in [5.41, 5.74) is 7.50. The summed E-state index contributed by atoms with van der Waals surface area (Å²) in [6.07, 6.45) is 2.31. The van der Waals surface area contributed by atoms with Gasteiger partial charge in [-0.1, -0.05) is 24.3 Å². The van der Waals surface area contributed by atoms with Crippen molar-refractivity contribution in [3.63, 3.8) is 0 Å². The Bertz CT molecular complexity index is 948. The number of hydrogen-bond acceptors (Lipinski definition) is 6. The molecule has 0 atom stereocenters. The number of aromatic nitrogens is 2. The summed E-state index contributed by atoms with van der Waals surface area (Å²) in [6, 6.07) is 14.6. The molecule has 3 aromatic rings. The molecular weight excluding hydrogens is 344 g/mol. The van der Waals surface area contributed by atoms with E-state index in [0.29, 0.717) is 29.8 Å². The number of amides is 1. The number of hydrogen-bond donors (Lipinski definition) is 1. The van der Waals surface area contributed by atoms with Gasteiger partial charge < -0.3 is 19.9 Å². The van der Waals surface area contributed by atoms with Crippen LogP contribution in [-0.4, -0.2) is 29.1 Å². The average Bonchev–Trinajstić information content (AvgIpc) is 3.38. The van der Waals surface area contributed by atoms with Gasteiger partial charge in [0.25, 0.3) is 17.7 Å². The highest BCUT2D eigenvalue weighted by Crippen LogP contribution is 2.24. The Morgan fingerprint density at radius 3 is 2.78 bits per heavy atom. The number of primary amides is 1. The molecule has 2 aromatic carbocycles. The van der Waals surface area contributed by atoms with E-state index in [4.69, 9.17) is 15.0 Å². The zero-order chi connectivity index (χ0) is 18.6. The Hall–Kier alpha value is -3.35. The van der Waals surface area contributed by atoms with Crippen LogP contribution in [0.2, 0.25) is 0 Å². The SMILES string of the molecule is NC(=O)c1ccccc1OCc1cccc(-c2nc(N3CCCC3)no2)c1.